The summed E-state index contributed by atoms with van der Waals surface area (Å²) < 4.78 is 21.8. The molecule has 0 atom stereocenters. The highest BCUT2D eigenvalue weighted by molar-refractivity contribution is 6.30. The molecule has 3 aromatic rings. The Kier molecular flexibility index (Phi) is 6.26. The molecular formula is C26H24ClNO5. The number of hydrogen-bond donors (Lipinski definition) is 1. The van der Waals surface area contributed by atoms with E-state index in [0.29, 0.717) is 10.6 Å². The standard InChI is InChI=1S/C26H24ClNO5/c27-20-7-5-19(6-8-20)26(29)28-21(9-1-17-3-11-22-24(13-17)32-15-30-22)10-2-18-4-12-23-25(14-18)33-16-31-23/h3-8,11-14,21H,1-2,9-10,15-16H2,(H,28,29). The molecule has 3 aromatic carbocycles. The number of hydrogen-bond acceptors (Lipinski definition) is 5. The van der Waals surface area contributed by atoms with Crippen molar-refractivity contribution < 1.29 is 23.7 Å². The molecule has 0 aliphatic carbocycles. The maximum absolute atomic E-state index is 12.9. The van der Waals surface area contributed by atoms with Crippen LogP contribution in [0.5, 0.6) is 23.0 Å². The Morgan fingerprint density at radius 1 is 0.758 bits per heavy atom. The molecule has 5 rings (SSSR count). The van der Waals surface area contributed by atoms with Gasteiger partial charge in [-0.1, -0.05) is 23.7 Å². The van der Waals surface area contributed by atoms with Gasteiger partial charge in [-0.15, -0.1) is 0 Å². The van der Waals surface area contributed by atoms with E-state index in [1.165, 1.54) is 0 Å². The third kappa shape index (κ3) is 5.17. The highest BCUT2D eigenvalue weighted by Crippen LogP contribution is 2.34. The van der Waals surface area contributed by atoms with Crippen LogP contribution in [0.4, 0.5) is 0 Å². The van der Waals surface area contributed by atoms with Crippen LogP contribution in [0, 0.1) is 0 Å². The molecule has 170 valence electrons. The van der Waals surface area contributed by atoms with Gasteiger partial charge in [0.25, 0.3) is 5.91 Å². The molecule has 0 aromatic heterocycles. The van der Waals surface area contributed by atoms with E-state index in [1.54, 1.807) is 24.3 Å². The molecule has 2 heterocycles. The summed E-state index contributed by atoms with van der Waals surface area (Å²) in [6.45, 7) is 0.516. The van der Waals surface area contributed by atoms with Gasteiger partial charge in [0.05, 0.1) is 0 Å². The number of ether oxygens (including phenoxy) is 4. The number of rotatable bonds is 8. The highest BCUT2D eigenvalue weighted by atomic mass is 35.5. The topological polar surface area (TPSA) is 66.0 Å². The second-order valence-electron chi connectivity index (χ2n) is 8.13. The lowest BCUT2D eigenvalue weighted by Crippen LogP contribution is -2.35. The highest BCUT2D eigenvalue weighted by Gasteiger charge is 2.18. The van der Waals surface area contributed by atoms with Gasteiger partial charge in [0.15, 0.2) is 23.0 Å². The molecule has 0 spiro atoms. The first-order valence-electron chi connectivity index (χ1n) is 11.0. The Morgan fingerprint density at radius 2 is 1.27 bits per heavy atom. The minimum atomic E-state index is -0.104. The second-order valence-corrected chi connectivity index (χ2v) is 8.57. The van der Waals surface area contributed by atoms with E-state index < -0.39 is 0 Å². The minimum Gasteiger partial charge on any atom is -0.454 e. The van der Waals surface area contributed by atoms with E-state index in [9.17, 15) is 4.79 Å². The predicted octanol–water partition coefficient (Wildman–Crippen LogP) is 5.16. The van der Waals surface area contributed by atoms with E-state index in [4.69, 9.17) is 30.5 Å². The van der Waals surface area contributed by atoms with Crippen LogP contribution in [0.3, 0.4) is 0 Å². The summed E-state index contributed by atoms with van der Waals surface area (Å²) in [6.07, 6.45) is 3.21. The van der Waals surface area contributed by atoms with Crippen molar-refractivity contribution in [3.63, 3.8) is 0 Å². The molecule has 0 saturated carbocycles. The van der Waals surface area contributed by atoms with Crippen molar-refractivity contribution in [1.82, 2.24) is 5.32 Å². The number of nitrogens with one attached hydrogen (secondary N) is 1. The Balaban J connectivity index is 1.26. The lowest BCUT2D eigenvalue weighted by Gasteiger charge is -2.19. The molecular weight excluding hydrogens is 442 g/mol. The number of benzene rings is 3. The molecule has 0 bridgehead atoms. The maximum Gasteiger partial charge on any atom is 0.251 e. The molecule has 0 unspecified atom stereocenters. The third-order valence-corrected chi connectivity index (χ3v) is 6.13. The van der Waals surface area contributed by atoms with Gasteiger partial charge in [0.1, 0.15) is 0 Å². The maximum atomic E-state index is 12.9. The molecule has 2 aliphatic heterocycles. The van der Waals surface area contributed by atoms with Crippen LogP contribution in [-0.2, 0) is 12.8 Å². The lowest BCUT2D eigenvalue weighted by atomic mass is 9.98. The Hall–Kier alpha value is -3.38. The van der Waals surface area contributed by atoms with Crippen molar-refractivity contribution in [3.8, 4) is 23.0 Å². The number of carbonyl (C=O) groups excluding carboxylic acids is 1. The monoisotopic (exact) mass is 465 g/mol. The Morgan fingerprint density at radius 3 is 1.82 bits per heavy atom. The van der Waals surface area contributed by atoms with Gasteiger partial charge >= 0.3 is 0 Å². The fraction of sp³-hybridized carbons (Fsp3) is 0.269. The van der Waals surface area contributed by atoms with E-state index in [-0.39, 0.29) is 25.5 Å². The predicted molar refractivity (Wildman–Crippen MR) is 124 cm³/mol. The fourth-order valence-corrected chi connectivity index (χ4v) is 4.16. The van der Waals surface area contributed by atoms with E-state index in [2.05, 4.69) is 5.32 Å². The van der Waals surface area contributed by atoms with Gasteiger partial charge in [-0.2, -0.15) is 0 Å². The van der Waals surface area contributed by atoms with Gasteiger partial charge in [0.2, 0.25) is 13.6 Å². The zero-order valence-corrected chi connectivity index (χ0v) is 18.8. The van der Waals surface area contributed by atoms with Crippen molar-refractivity contribution in [3.05, 3.63) is 82.4 Å². The van der Waals surface area contributed by atoms with Crippen molar-refractivity contribution in [1.29, 1.82) is 0 Å². The molecule has 0 saturated heterocycles. The first-order valence-corrected chi connectivity index (χ1v) is 11.4. The average molecular weight is 466 g/mol. The summed E-state index contributed by atoms with van der Waals surface area (Å²) in [4.78, 5) is 12.9. The van der Waals surface area contributed by atoms with Gasteiger partial charge < -0.3 is 24.3 Å². The van der Waals surface area contributed by atoms with Crippen LogP contribution in [0.15, 0.2) is 60.7 Å². The molecule has 33 heavy (non-hydrogen) atoms. The SMILES string of the molecule is O=C(NC(CCc1ccc2c(c1)OCO2)CCc1ccc2c(c1)OCO2)c1ccc(Cl)cc1. The summed E-state index contributed by atoms with van der Waals surface area (Å²) in [7, 11) is 0. The Labute approximate surface area is 197 Å². The zero-order chi connectivity index (χ0) is 22.6. The van der Waals surface area contributed by atoms with Crippen molar-refractivity contribution in [2.24, 2.45) is 0 Å². The molecule has 0 radical (unpaired) electrons. The van der Waals surface area contributed by atoms with Crippen LogP contribution in [0.2, 0.25) is 5.02 Å². The summed E-state index contributed by atoms with van der Waals surface area (Å²) >= 11 is 5.97. The fourth-order valence-electron chi connectivity index (χ4n) is 4.03. The molecule has 1 N–H and O–H groups in total. The first-order chi connectivity index (χ1) is 16.1. The van der Waals surface area contributed by atoms with E-state index >= 15 is 0 Å². The van der Waals surface area contributed by atoms with Crippen LogP contribution < -0.4 is 24.3 Å². The van der Waals surface area contributed by atoms with Crippen molar-refractivity contribution in [2.75, 3.05) is 13.6 Å². The quantitative estimate of drug-likeness (QED) is 0.497. The molecule has 1 amide bonds. The lowest BCUT2D eigenvalue weighted by molar-refractivity contribution is 0.0933. The zero-order valence-electron chi connectivity index (χ0n) is 18.0. The summed E-state index contributed by atoms with van der Waals surface area (Å²) in [6, 6.07) is 18.9. The number of halogens is 1. The second kappa shape index (κ2) is 9.63. The van der Waals surface area contributed by atoms with Gasteiger partial charge in [-0.05, 0) is 85.3 Å². The number of aryl methyl sites for hydroxylation is 2. The number of amides is 1. The molecule has 2 aliphatic rings. The van der Waals surface area contributed by atoms with E-state index in [0.717, 1.165) is 59.8 Å². The van der Waals surface area contributed by atoms with Crippen LogP contribution in [-0.4, -0.2) is 25.5 Å². The largest absolute Gasteiger partial charge is 0.454 e. The summed E-state index contributed by atoms with van der Waals surface area (Å²) in [5.74, 6) is 2.99. The summed E-state index contributed by atoms with van der Waals surface area (Å²) in [5, 5.41) is 3.81. The summed E-state index contributed by atoms with van der Waals surface area (Å²) in [5.41, 5.74) is 2.89. The van der Waals surface area contributed by atoms with Crippen LogP contribution in [0.1, 0.15) is 34.3 Å². The average Bonchev–Trinajstić information content (AvgIpc) is 3.49. The molecule has 0 fully saturated rings. The Bertz CT molecular complexity index is 1090. The van der Waals surface area contributed by atoms with Crippen molar-refractivity contribution >= 4 is 17.5 Å². The molecule has 7 heteroatoms. The third-order valence-electron chi connectivity index (χ3n) is 5.88. The molecule has 6 nitrogen and oxygen atoms in total. The van der Waals surface area contributed by atoms with Gasteiger partial charge in [-0.3, -0.25) is 4.79 Å². The van der Waals surface area contributed by atoms with Gasteiger partial charge in [0, 0.05) is 16.6 Å². The van der Waals surface area contributed by atoms with E-state index in [1.807, 2.05) is 36.4 Å². The smallest absolute Gasteiger partial charge is 0.251 e. The van der Waals surface area contributed by atoms with Crippen molar-refractivity contribution in [2.45, 2.75) is 31.7 Å². The number of fused-ring (bicyclic) bond motifs is 2. The van der Waals surface area contributed by atoms with Crippen LogP contribution in [0.25, 0.3) is 0 Å². The first kappa shape index (κ1) is 21.5. The number of carbonyl (C=O) groups is 1. The van der Waals surface area contributed by atoms with Crippen LogP contribution >= 0.6 is 11.6 Å². The normalized spacial score (nSPS) is 13.4. The van der Waals surface area contributed by atoms with Gasteiger partial charge in [-0.25, -0.2) is 0 Å². The minimum absolute atomic E-state index is 0.0102.